The summed E-state index contributed by atoms with van der Waals surface area (Å²) in [7, 11) is 0. The molecule has 0 spiro atoms. The summed E-state index contributed by atoms with van der Waals surface area (Å²) in [5.41, 5.74) is 2.22. The molecule has 0 bridgehead atoms. The summed E-state index contributed by atoms with van der Waals surface area (Å²) in [5, 5.41) is 3.99. The van der Waals surface area contributed by atoms with Crippen LogP contribution in [0.5, 0.6) is 0 Å². The van der Waals surface area contributed by atoms with E-state index in [1.54, 1.807) is 0 Å². The van der Waals surface area contributed by atoms with Crippen molar-refractivity contribution in [2.75, 3.05) is 6.54 Å². The van der Waals surface area contributed by atoms with E-state index < -0.39 is 0 Å². The van der Waals surface area contributed by atoms with Crippen LogP contribution in [0.2, 0.25) is 5.02 Å². The van der Waals surface area contributed by atoms with Gasteiger partial charge in [0, 0.05) is 5.02 Å². The van der Waals surface area contributed by atoms with Crippen molar-refractivity contribution >= 4 is 11.6 Å². The fourth-order valence-corrected chi connectivity index (χ4v) is 2.18. The van der Waals surface area contributed by atoms with E-state index in [1.165, 1.54) is 0 Å². The summed E-state index contributed by atoms with van der Waals surface area (Å²) in [4.78, 5) is 0. The first-order chi connectivity index (χ1) is 9.69. The molecule has 0 aliphatic carbocycles. The van der Waals surface area contributed by atoms with Crippen LogP contribution >= 0.6 is 11.6 Å². The first kappa shape index (κ1) is 15.1. The van der Waals surface area contributed by atoms with E-state index in [2.05, 4.69) is 19.2 Å². The molecule has 0 unspecified atom stereocenters. The normalized spacial score (nSPS) is 10.9. The summed E-state index contributed by atoms with van der Waals surface area (Å²) >= 11 is 5.93. The molecule has 108 valence electrons. The minimum atomic E-state index is 0.472. The minimum Gasteiger partial charge on any atom is -0.462 e. The van der Waals surface area contributed by atoms with Gasteiger partial charge in [0.15, 0.2) is 0 Å². The molecule has 4 heteroatoms. The Balaban J connectivity index is 1.85. The van der Waals surface area contributed by atoms with E-state index in [-0.39, 0.29) is 0 Å². The number of hydrogen-bond acceptors (Lipinski definition) is 3. The topological polar surface area (TPSA) is 34.4 Å². The van der Waals surface area contributed by atoms with E-state index in [4.69, 9.17) is 20.8 Å². The first-order valence-corrected chi connectivity index (χ1v) is 7.18. The third-order valence-electron chi connectivity index (χ3n) is 3.01. The predicted octanol–water partition coefficient (Wildman–Crippen LogP) is 4.07. The number of nitrogens with one attached hydrogen (secondary N) is 1. The SMILES string of the molecule is CCNCc1oc(COCc2cccc(Cl)c2)cc1C. The van der Waals surface area contributed by atoms with Gasteiger partial charge in [-0.25, -0.2) is 0 Å². The Hall–Kier alpha value is -1.29. The van der Waals surface area contributed by atoms with Crippen LogP contribution in [-0.4, -0.2) is 6.54 Å². The van der Waals surface area contributed by atoms with Crippen molar-refractivity contribution in [2.24, 2.45) is 0 Å². The highest BCUT2D eigenvalue weighted by molar-refractivity contribution is 6.30. The van der Waals surface area contributed by atoms with Gasteiger partial charge in [-0.15, -0.1) is 0 Å². The third kappa shape index (κ3) is 4.37. The van der Waals surface area contributed by atoms with Gasteiger partial charge in [-0.05, 0) is 42.8 Å². The van der Waals surface area contributed by atoms with Crippen LogP contribution in [0, 0.1) is 6.92 Å². The van der Waals surface area contributed by atoms with Gasteiger partial charge in [0.25, 0.3) is 0 Å². The van der Waals surface area contributed by atoms with Gasteiger partial charge in [0.2, 0.25) is 0 Å². The van der Waals surface area contributed by atoms with Gasteiger partial charge in [0.1, 0.15) is 18.1 Å². The molecule has 1 aromatic carbocycles. The van der Waals surface area contributed by atoms with E-state index in [0.29, 0.717) is 13.2 Å². The number of furan rings is 1. The number of benzene rings is 1. The van der Waals surface area contributed by atoms with E-state index in [0.717, 1.165) is 40.8 Å². The monoisotopic (exact) mass is 293 g/mol. The van der Waals surface area contributed by atoms with Crippen molar-refractivity contribution in [2.45, 2.75) is 33.6 Å². The highest BCUT2D eigenvalue weighted by Gasteiger charge is 2.07. The second kappa shape index (κ2) is 7.48. The van der Waals surface area contributed by atoms with Gasteiger partial charge in [-0.2, -0.15) is 0 Å². The van der Waals surface area contributed by atoms with Crippen LogP contribution < -0.4 is 5.32 Å². The molecule has 0 aliphatic rings. The molecule has 0 saturated heterocycles. The maximum Gasteiger partial charge on any atom is 0.130 e. The molecule has 1 N–H and O–H groups in total. The van der Waals surface area contributed by atoms with Crippen molar-refractivity contribution in [1.29, 1.82) is 0 Å². The van der Waals surface area contributed by atoms with Gasteiger partial charge >= 0.3 is 0 Å². The molecule has 3 nitrogen and oxygen atoms in total. The molecule has 0 fully saturated rings. The number of ether oxygens (including phenoxy) is 1. The van der Waals surface area contributed by atoms with E-state index in [9.17, 15) is 0 Å². The predicted molar refractivity (Wildman–Crippen MR) is 80.8 cm³/mol. The summed E-state index contributed by atoms with van der Waals surface area (Å²) in [6, 6.07) is 9.71. The maximum absolute atomic E-state index is 5.93. The van der Waals surface area contributed by atoms with Gasteiger partial charge < -0.3 is 14.5 Å². The fraction of sp³-hybridized carbons (Fsp3) is 0.375. The zero-order valence-electron chi connectivity index (χ0n) is 11.9. The minimum absolute atomic E-state index is 0.472. The summed E-state index contributed by atoms with van der Waals surface area (Å²) in [5.74, 6) is 1.84. The van der Waals surface area contributed by atoms with E-state index in [1.807, 2.05) is 30.3 Å². The largest absolute Gasteiger partial charge is 0.462 e. The lowest BCUT2D eigenvalue weighted by molar-refractivity contribution is 0.0920. The Morgan fingerprint density at radius 1 is 1.25 bits per heavy atom. The standard InChI is InChI=1S/C16H20ClNO2/c1-3-18-9-16-12(2)7-15(20-16)11-19-10-13-5-4-6-14(17)8-13/h4-8,18H,3,9-11H2,1-2H3. The number of aryl methyl sites for hydroxylation is 1. The fourth-order valence-electron chi connectivity index (χ4n) is 1.97. The molecule has 2 aromatic rings. The van der Waals surface area contributed by atoms with Gasteiger partial charge in [-0.3, -0.25) is 0 Å². The Kier molecular flexibility index (Phi) is 5.65. The highest BCUT2D eigenvalue weighted by Crippen LogP contribution is 2.17. The van der Waals surface area contributed by atoms with Crippen LogP contribution in [0.25, 0.3) is 0 Å². The third-order valence-corrected chi connectivity index (χ3v) is 3.24. The van der Waals surface area contributed by atoms with Crippen LogP contribution in [0.15, 0.2) is 34.7 Å². The average molecular weight is 294 g/mol. The average Bonchev–Trinajstić information content (AvgIpc) is 2.77. The number of rotatable bonds is 7. The lowest BCUT2D eigenvalue weighted by Crippen LogP contribution is -2.11. The van der Waals surface area contributed by atoms with Gasteiger partial charge in [-0.1, -0.05) is 30.7 Å². The van der Waals surface area contributed by atoms with Crippen molar-refractivity contribution in [3.63, 3.8) is 0 Å². The van der Waals surface area contributed by atoms with Crippen molar-refractivity contribution in [3.05, 3.63) is 58.0 Å². The van der Waals surface area contributed by atoms with Crippen LogP contribution in [0.1, 0.15) is 29.6 Å². The van der Waals surface area contributed by atoms with Crippen molar-refractivity contribution in [3.8, 4) is 0 Å². The first-order valence-electron chi connectivity index (χ1n) is 6.80. The molecule has 0 saturated carbocycles. The zero-order valence-corrected chi connectivity index (χ0v) is 12.7. The Labute approximate surface area is 124 Å². The molecule has 0 radical (unpaired) electrons. The van der Waals surface area contributed by atoms with Crippen LogP contribution in [0.3, 0.4) is 0 Å². The smallest absolute Gasteiger partial charge is 0.130 e. The van der Waals surface area contributed by atoms with Gasteiger partial charge in [0.05, 0.1) is 13.2 Å². The molecule has 1 aromatic heterocycles. The Bertz CT molecular complexity index is 551. The quantitative estimate of drug-likeness (QED) is 0.836. The lowest BCUT2D eigenvalue weighted by atomic mass is 10.2. The molecule has 0 amide bonds. The lowest BCUT2D eigenvalue weighted by Gasteiger charge is -2.03. The molecule has 0 atom stereocenters. The summed E-state index contributed by atoms with van der Waals surface area (Å²) in [6.07, 6.45) is 0. The summed E-state index contributed by atoms with van der Waals surface area (Å²) in [6.45, 7) is 6.82. The molecule has 20 heavy (non-hydrogen) atoms. The van der Waals surface area contributed by atoms with E-state index >= 15 is 0 Å². The Morgan fingerprint density at radius 2 is 2.10 bits per heavy atom. The number of halogens is 1. The second-order valence-electron chi connectivity index (χ2n) is 4.72. The highest BCUT2D eigenvalue weighted by atomic mass is 35.5. The molecular formula is C16H20ClNO2. The molecule has 2 rings (SSSR count). The van der Waals surface area contributed by atoms with Crippen LogP contribution in [0.4, 0.5) is 0 Å². The molecule has 0 aliphatic heterocycles. The molecular weight excluding hydrogens is 274 g/mol. The van der Waals surface area contributed by atoms with Crippen LogP contribution in [-0.2, 0) is 24.5 Å². The Morgan fingerprint density at radius 3 is 2.85 bits per heavy atom. The number of hydrogen-bond donors (Lipinski definition) is 1. The zero-order chi connectivity index (χ0) is 14.4. The molecule has 1 heterocycles. The van der Waals surface area contributed by atoms with Crippen molar-refractivity contribution in [1.82, 2.24) is 5.32 Å². The maximum atomic E-state index is 5.93. The summed E-state index contributed by atoms with van der Waals surface area (Å²) < 4.78 is 11.4. The second-order valence-corrected chi connectivity index (χ2v) is 5.16. The van der Waals surface area contributed by atoms with Crippen molar-refractivity contribution < 1.29 is 9.15 Å².